The number of benzene rings is 2. The molecule has 27 heavy (non-hydrogen) atoms. The molecule has 0 aromatic heterocycles. The number of hydrogen-bond acceptors (Lipinski definition) is 2. The summed E-state index contributed by atoms with van der Waals surface area (Å²) in [5, 5.41) is 2.89. The van der Waals surface area contributed by atoms with Crippen molar-refractivity contribution in [2.24, 2.45) is 0 Å². The number of nitrogens with one attached hydrogen (secondary N) is 1. The van der Waals surface area contributed by atoms with Gasteiger partial charge in [0, 0.05) is 16.7 Å². The zero-order valence-corrected chi connectivity index (χ0v) is 17.2. The van der Waals surface area contributed by atoms with Gasteiger partial charge in [-0.15, -0.1) is 0 Å². The quantitative estimate of drug-likeness (QED) is 0.500. The second kappa shape index (κ2) is 8.26. The molecule has 3 nitrogen and oxygen atoms in total. The SMILES string of the molecule is O=C(Nc1cc(C(F)(F)F)ccc1N1CCCCC1)c1cc(I)ccc1Cl. The highest BCUT2D eigenvalue weighted by Crippen LogP contribution is 2.36. The van der Waals surface area contributed by atoms with E-state index in [9.17, 15) is 18.0 Å². The number of anilines is 2. The molecular formula is C19H17ClF3IN2O. The smallest absolute Gasteiger partial charge is 0.370 e. The Morgan fingerprint density at radius 2 is 1.78 bits per heavy atom. The van der Waals surface area contributed by atoms with Crippen molar-refractivity contribution in [3.63, 3.8) is 0 Å². The lowest BCUT2D eigenvalue weighted by Gasteiger charge is -2.31. The van der Waals surface area contributed by atoms with Crippen LogP contribution in [-0.4, -0.2) is 19.0 Å². The van der Waals surface area contributed by atoms with Gasteiger partial charge in [-0.05, 0) is 78.3 Å². The van der Waals surface area contributed by atoms with Gasteiger partial charge in [-0.2, -0.15) is 13.2 Å². The molecule has 1 saturated heterocycles. The molecule has 0 aliphatic carbocycles. The van der Waals surface area contributed by atoms with E-state index in [4.69, 9.17) is 11.6 Å². The monoisotopic (exact) mass is 508 g/mol. The third-order valence-corrected chi connectivity index (χ3v) is 5.44. The van der Waals surface area contributed by atoms with Crippen LogP contribution in [0.4, 0.5) is 24.5 Å². The van der Waals surface area contributed by atoms with Crippen molar-refractivity contribution in [2.45, 2.75) is 25.4 Å². The molecule has 2 aromatic carbocycles. The fourth-order valence-corrected chi connectivity index (χ4v) is 3.78. The Bertz CT molecular complexity index is 851. The molecule has 1 N–H and O–H groups in total. The number of amides is 1. The van der Waals surface area contributed by atoms with Gasteiger partial charge in [-0.1, -0.05) is 11.6 Å². The van der Waals surface area contributed by atoms with Crippen LogP contribution in [0.1, 0.15) is 35.2 Å². The number of rotatable bonds is 3. The average Bonchev–Trinajstić information content (AvgIpc) is 2.63. The highest BCUT2D eigenvalue weighted by atomic mass is 127. The molecule has 0 spiro atoms. The molecule has 0 saturated carbocycles. The van der Waals surface area contributed by atoms with Crippen molar-refractivity contribution < 1.29 is 18.0 Å². The third kappa shape index (κ3) is 4.87. The minimum absolute atomic E-state index is 0.145. The molecule has 0 unspecified atom stereocenters. The van der Waals surface area contributed by atoms with Crippen LogP contribution in [0.2, 0.25) is 5.02 Å². The van der Waals surface area contributed by atoms with Gasteiger partial charge in [-0.25, -0.2) is 0 Å². The molecule has 1 amide bonds. The lowest BCUT2D eigenvalue weighted by atomic mass is 10.1. The summed E-state index contributed by atoms with van der Waals surface area (Å²) in [6, 6.07) is 8.42. The maximum atomic E-state index is 13.2. The minimum atomic E-state index is -4.49. The van der Waals surface area contributed by atoms with Crippen molar-refractivity contribution >= 4 is 51.5 Å². The summed E-state index contributed by atoms with van der Waals surface area (Å²) in [4.78, 5) is 14.7. The van der Waals surface area contributed by atoms with Gasteiger partial charge in [0.2, 0.25) is 0 Å². The van der Waals surface area contributed by atoms with E-state index in [2.05, 4.69) is 5.32 Å². The molecule has 8 heteroatoms. The van der Waals surface area contributed by atoms with E-state index in [1.165, 1.54) is 6.07 Å². The topological polar surface area (TPSA) is 32.3 Å². The van der Waals surface area contributed by atoms with E-state index in [0.29, 0.717) is 5.69 Å². The molecule has 1 aliphatic heterocycles. The summed E-state index contributed by atoms with van der Waals surface area (Å²) in [7, 11) is 0. The molecule has 3 rings (SSSR count). The van der Waals surface area contributed by atoms with E-state index in [1.807, 2.05) is 27.5 Å². The highest BCUT2D eigenvalue weighted by Gasteiger charge is 2.32. The molecule has 144 valence electrons. The first-order valence-electron chi connectivity index (χ1n) is 8.48. The van der Waals surface area contributed by atoms with Crippen molar-refractivity contribution in [1.82, 2.24) is 0 Å². The normalized spacial score (nSPS) is 14.9. The summed E-state index contributed by atoms with van der Waals surface area (Å²) < 4.78 is 40.3. The van der Waals surface area contributed by atoms with E-state index in [-0.39, 0.29) is 16.3 Å². The zero-order valence-electron chi connectivity index (χ0n) is 14.2. The number of carbonyl (C=O) groups excluding carboxylic acids is 1. The first-order chi connectivity index (χ1) is 12.8. The van der Waals surface area contributed by atoms with Crippen LogP contribution in [0, 0.1) is 3.57 Å². The van der Waals surface area contributed by atoms with Crippen LogP contribution >= 0.6 is 34.2 Å². The Hall–Kier alpha value is -1.48. The van der Waals surface area contributed by atoms with Crippen molar-refractivity contribution in [3.05, 3.63) is 56.1 Å². The highest BCUT2D eigenvalue weighted by molar-refractivity contribution is 14.1. The number of piperidine rings is 1. The van der Waals surface area contributed by atoms with Crippen LogP contribution in [-0.2, 0) is 6.18 Å². The number of nitrogens with zero attached hydrogens (tertiary/aromatic N) is 1. The fourth-order valence-electron chi connectivity index (χ4n) is 3.08. The molecule has 0 atom stereocenters. The van der Waals surface area contributed by atoms with Crippen molar-refractivity contribution in [1.29, 1.82) is 0 Å². The average molecular weight is 509 g/mol. The number of carbonyl (C=O) groups is 1. The van der Waals surface area contributed by atoms with E-state index in [0.717, 1.165) is 48.1 Å². The molecule has 1 fully saturated rings. The molecule has 2 aromatic rings. The van der Waals surface area contributed by atoms with Gasteiger partial charge in [0.05, 0.1) is 27.5 Å². The minimum Gasteiger partial charge on any atom is -0.370 e. The fraction of sp³-hybridized carbons (Fsp3) is 0.316. The Balaban J connectivity index is 1.97. The summed E-state index contributed by atoms with van der Waals surface area (Å²) >= 11 is 8.14. The Kier molecular flexibility index (Phi) is 6.20. The second-order valence-electron chi connectivity index (χ2n) is 6.36. The lowest BCUT2D eigenvalue weighted by Crippen LogP contribution is -2.30. The number of halogens is 5. The first kappa shape index (κ1) is 20.3. The predicted octanol–water partition coefficient (Wildman–Crippen LogP) is 6.21. The summed E-state index contributed by atoms with van der Waals surface area (Å²) in [6.07, 6.45) is -1.45. The predicted molar refractivity (Wildman–Crippen MR) is 110 cm³/mol. The van der Waals surface area contributed by atoms with E-state index in [1.54, 1.807) is 18.2 Å². The summed E-state index contributed by atoms with van der Waals surface area (Å²) in [6.45, 7) is 1.50. The number of alkyl halides is 3. The summed E-state index contributed by atoms with van der Waals surface area (Å²) in [5.74, 6) is -0.531. The molecule has 0 radical (unpaired) electrons. The Morgan fingerprint density at radius 3 is 2.44 bits per heavy atom. The van der Waals surface area contributed by atoms with Gasteiger partial charge in [0.1, 0.15) is 0 Å². The van der Waals surface area contributed by atoms with E-state index < -0.39 is 17.6 Å². The zero-order chi connectivity index (χ0) is 19.6. The van der Waals surface area contributed by atoms with Gasteiger partial charge >= 0.3 is 6.18 Å². The van der Waals surface area contributed by atoms with Gasteiger partial charge in [0.15, 0.2) is 0 Å². The molecule has 1 aliphatic rings. The van der Waals surface area contributed by atoms with E-state index >= 15 is 0 Å². The van der Waals surface area contributed by atoms with Gasteiger partial charge < -0.3 is 10.2 Å². The van der Waals surface area contributed by atoms with Crippen LogP contribution in [0.3, 0.4) is 0 Å². The Labute approximate surface area is 174 Å². The first-order valence-corrected chi connectivity index (χ1v) is 9.94. The van der Waals surface area contributed by atoms with Gasteiger partial charge in [-0.3, -0.25) is 4.79 Å². The Morgan fingerprint density at radius 1 is 1.07 bits per heavy atom. The van der Waals surface area contributed by atoms with Crippen LogP contribution < -0.4 is 10.2 Å². The van der Waals surface area contributed by atoms with Crippen LogP contribution in [0.15, 0.2) is 36.4 Å². The molecule has 0 bridgehead atoms. The number of hydrogen-bond donors (Lipinski definition) is 1. The third-order valence-electron chi connectivity index (χ3n) is 4.44. The van der Waals surface area contributed by atoms with Crippen molar-refractivity contribution in [3.8, 4) is 0 Å². The second-order valence-corrected chi connectivity index (χ2v) is 8.01. The van der Waals surface area contributed by atoms with Gasteiger partial charge in [0.25, 0.3) is 5.91 Å². The van der Waals surface area contributed by atoms with Crippen LogP contribution in [0.5, 0.6) is 0 Å². The maximum absolute atomic E-state index is 13.2. The summed E-state index contributed by atoms with van der Waals surface area (Å²) in [5.41, 5.74) is 0.169. The van der Waals surface area contributed by atoms with Crippen molar-refractivity contribution in [2.75, 3.05) is 23.3 Å². The molecular weight excluding hydrogens is 492 g/mol. The lowest BCUT2D eigenvalue weighted by molar-refractivity contribution is -0.137. The standard InChI is InChI=1S/C19H17ClF3IN2O/c20-15-6-5-13(24)11-14(15)18(27)25-16-10-12(19(21,22)23)4-7-17(16)26-8-2-1-3-9-26/h4-7,10-11H,1-3,8-9H2,(H,25,27). The maximum Gasteiger partial charge on any atom is 0.416 e. The van der Waals surface area contributed by atoms with Crippen LogP contribution in [0.25, 0.3) is 0 Å². The molecule has 1 heterocycles. The largest absolute Gasteiger partial charge is 0.416 e.